The molecule has 0 aliphatic rings. The van der Waals surface area contributed by atoms with Gasteiger partial charge in [0.25, 0.3) is 0 Å². The molecule has 0 aromatic heterocycles. The van der Waals surface area contributed by atoms with Crippen molar-refractivity contribution in [1.82, 2.24) is 5.06 Å². The highest BCUT2D eigenvalue weighted by atomic mass is 35.5. The molecule has 3 nitrogen and oxygen atoms in total. The highest BCUT2D eigenvalue weighted by molar-refractivity contribution is 6.30. The molecule has 0 N–H and O–H groups in total. The van der Waals surface area contributed by atoms with Crippen molar-refractivity contribution in [3.63, 3.8) is 0 Å². The fourth-order valence-electron chi connectivity index (χ4n) is 2.57. The number of rotatable bonds is 13. The van der Waals surface area contributed by atoms with Crippen LogP contribution in [0.4, 0.5) is 0 Å². The van der Waals surface area contributed by atoms with Gasteiger partial charge in [0.15, 0.2) is 0 Å². The summed E-state index contributed by atoms with van der Waals surface area (Å²) in [6.45, 7) is 2.63. The first-order valence-electron chi connectivity index (χ1n) is 9.27. The molecule has 1 aromatic carbocycles. The molecule has 0 bridgehead atoms. The molecule has 0 radical (unpaired) electrons. The van der Waals surface area contributed by atoms with Crippen LogP contribution in [0.5, 0.6) is 0 Å². The summed E-state index contributed by atoms with van der Waals surface area (Å²) in [5.41, 5.74) is 1.00. The summed E-state index contributed by atoms with van der Waals surface area (Å²) in [5, 5.41) is 2.06. The van der Waals surface area contributed by atoms with Gasteiger partial charge in [0, 0.05) is 18.5 Å². The molecule has 24 heavy (non-hydrogen) atoms. The van der Waals surface area contributed by atoms with Crippen molar-refractivity contribution >= 4 is 17.5 Å². The van der Waals surface area contributed by atoms with Crippen LogP contribution in [-0.4, -0.2) is 18.0 Å². The van der Waals surface area contributed by atoms with E-state index in [1.165, 1.54) is 50.0 Å². The normalized spacial score (nSPS) is 10.8. The summed E-state index contributed by atoms with van der Waals surface area (Å²) in [5.74, 6) is 0.0481. The van der Waals surface area contributed by atoms with Crippen molar-refractivity contribution in [3.05, 3.63) is 34.9 Å². The van der Waals surface area contributed by atoms with E-state index in [0.717, 1.165) is 18.4 Å². The molecular formula is C20H32ClNO2. The minimum Gasteiger partial charge on any atom is -0.273 e. The van der Waals surface area contributed by atoms with Gasteiger partial charge in [0.05, 0.1) is 0 Å². The second kappa shape index (κ2) is 13.3. The zero-order valence-electron chi connectivity index (χ0n) is 15.2. The number of carbonyl (C=O) groups is 1. The van der Waals surface area contributed by atoms with Crippen LogP contribution < -0.4 is 0 Å². The molecule has 1 aromatic rings. The molecule has 0 fully saturated rings. The molecule has 0 unspecified atom stereocenters. The van der Waals surface area contributed by atoms with Crippen molar-refractivity contribution in [1.29, 1.82) is 0 Å². The van der Waals surface area contributed by atoms with E-state index >= 15 is 0 Å². The molecule has 0 spiro atoms. The van der Waals surface area contributed by atoms with Gasteiger partial charge in [-0.1, -0.05) is 82.0 Å². The maximum Gasteiger partial charge on any atom is 0.245 e. The molecule has 0 atom stereocenters. The Hall–Kier alpha value is -1.06. The second-order valence-corrected chi connectivity index (χ2v) is 6.81. The first-order chi connectivity index (χ1) is 11.6. The Kier molecular flexibility index (Phi) is 11.6. The van der Waals surface area contributed by atoms with E-state index in [0.29, 0.717) is 18.1 Å². The Morgan fingerprint density at radius 3 is 2.08 bits per heavy atom. The predicted octanol–water partition coefficient (Wildman–Crippen LogP) is 6.15. The third-order valence-corrected chi connectivity index (χ3v) is 4.44. The van der Waals surface area contributed by atoms with Crippen molar-refractivity contribution in [2.45, 2.75) is 77.7 Å². The summed E-state index contributed by atoms with van der Waals surface area (Å²) < 4.78 is 0. The van der Waals surface area contributed by atoms with Crippen molar-refractivity contribution in [3.8, 4) is 0 Å². The molecule has 4 heteroatoms. The maximum atomic E-state index is 12.0. The van der Waals surface area contributed by atoms with Crippen LogP contribution >= 0.6 is 11.6 Å². The molecule has 0 aliphatic heterocycles. The Morgan fingerprint density at radius 2 is 1.50 bits per heavy atom. The lowest BCUT2D eigenvalue weighted by Gasteiger charge is -2.16. The summed E-state index contributed by atoms with van der Waals surface area (Å²) in [4.78, 5) is 17.5. The molecule has 1 amide bonds. The third-order valence-electron chi connectivity index (χ3n) is 4.18. The number of halogens is 1. The van der Waals surface area contributed by atoms with Gasteiger partial charge >= 0.3 is 0 Å². The zero-order chi connectivity index (χ0) is 17.6. The largest absolute Gasteiger partial charge is 0.273 e. The van der Waals surface area contributed by atoms with Gasteiger partial charge in [-0.15, -0.1) is 0 Å². The lowest BCUT2D eigenvalue weighted by molar-refractivity contribution is -0.182. The van der Waals surface area contributed by atoms with Crippen molar-refractivity contribution in [2.75, 3.05) is 7.05 Å². The van der Waals surface area contributed by atoms with Gasteiger partial charge in [-0.05, 0) is 24.1 Å². The van der Waals surface area contributed by atoms with E-state index in [1.54, 1.807) is 7.05 Å². The summed E-state index contributed by atoms with van der Waals surface area (Å²) in [6, 6.07) is 7.46. The van der Waals surface area contributed by atoms with Gasteiger partial charge < -0.3 is 0 Å². The van der Waals surface area contributed by atoms with Crippen LogP contribution in [0.25, 0.3) is 0 Å². The number of nitrogens with zero attached hydrogens (tertiary/aromatic N) is 1. The average Bonchev–Trinajstić information content (AvgIpc) is 2.59. The van der Waals surface area contributed by atoms with Gasteiger partial charge in [0.1, 0.15) is 6.61 Å². The van der Waals surface area contributed by atoms with E-state index < -0.39 is 0 Å². The first-order valence-corrected chi connectivity index (χ1v) is 9.65. The monoisotopic (exact) mass is 353 g/mol. The zero-order valence-corrected chi connectivity index (χ0v) is 16.0. The fraction of sp³-hybridized carbons (Fsp3) is 0.650. The lowest BCUT2D eigenvalue weighted by atomic mass is 10.1. The second-order valence-electron chi connectivity index (χ2n) is 6.37. The Balaban J connectivity index is 2.02. The topological polar surface area (TPSA) is 29.5 Å². The van der Waals surface area contributed by atoms with Crippen LogP contribution in [-0.2, 0) is 16.2 Å². The number of hydroxylamine groups is 2. The number of hydrogen-bond donors (Lipinski definition) is 0. The summed E-state index contributed by atoms with van der Waals surface area (Å²) >= 11 is 5.84. The van der Waals surface area contributed by atoms with Gasteiger partial charge in [-0.3, -0.25) is 9.63 Å². The quantitative estimate of drug-likeness (QED) is 0.314. The molecule has 136 valence electrons. The van der Waals surface area contributed by atoms with Gasteiger partial charge in [-0.25, -0.2) is 5.06 Å². The fourth-order valence-corrected chi connectivity index (χ4v) is 2.69. The highest BCUT2D eigenvalue weighted by Gasteiger charge is 2.09. The van der Waals surface area contributed by atoms with E-state index in [2.05, 4.69) is 6.92 Å². The molecule has 0 heterocycles. The van der Waals surface area contributed by atoms with Gasteiger partial charge in [-0.2, -0.15) is 0 Å². The number of hydrogen-bond acceptors (Lipinski definition) is 2. The maximum absolute atomic E-state index is 12.0. The number of amides is 1. The van der Waals surface area contributed by atoms with Crippen LogP contribution in [0.1, 0.15) is 76.7 Å². The number of carbonyl (C=O) groups excluding carboxylic acids is 1. The van der Waals surface area contributed by atoms with Crippen molar-refractivity contribution < 1.29 is 9.63 Å². The van der Waals surface area contributed by atoms with Crippen LogP contribution in [0.3, 0.4) is 0 Å². The SMILES string of the molecule is CCCCCCCCCCCC(=O)N(C)OCc1ccc(Cl)cc1. The predicted molar refractivity (Wildman–Crippen MR) is 101 cm³/mol. The van der Waals surface area contributed by atoms with Crippen LogP contribution in [0, 0.1) is 0 Å². The van der Waals surface area contributed by atoms with E-state index in [9.17, 15) is 4.79 Å². The smallest absolute Gasteiger partial charge is 0.245 e. The Labute approximate surface area is 152 Å². The number of unbranched alkanes of at least 4 members (excludes halogenated alkanes) is 8. The van der Waals surface area contributed by atoms with E-state index in [4.69, 9.17) is 16.4 Å². The number of benzene rings is 1. The molecule has 1 rings (SSSR count). The summed E-state index contributed by atoms with van der Waals surface area (Å²) in [6.07, 6.45) is 11.9. The molecular weight excluding hydrogens is 322 g/mol. The molecule has 0 saturated heterocycles. The summed E-state index contributed by atoms with van der Waals surface area (Å²) in [7, 11) is 1.69. The van der Waals surface area contributed by atoms with Crippen LogP contribution in [0.2, 0.25) is 5.02 Å². The van der Waals surface area contributed by atoms with Crippen molar-refractivity contribution in [2.24, 2.45) is 0 Å². The minimum absolute atomic E-state index is 0.0481. The lowest BCUT2D eigenvalue weighted by Crippen LogP contribution is -2.26. The molecule has 0 aliphatic carbocycles. The first kappa shape index (κ1) is 21.0. The highest BCUT2D eigenvalue weighted by Crippen LogP contribution is 2.13. The van der Waals surface area contributed by atoms with Crippen LogP contribution in [0.15, 0.2) is 24.3 Å². The Morgan fingerprint density at radius 1 is 0.958 bits per heavy atom. The van der Waals surface area contributed by atoms with E-state index in [-0.39, 0.29) is 5.91 Å². The molecule has 0 saturated carbocycles. The van der Waals surface area contributed by atoms with E-state index in [1.807, 2.05) is 24.3 Å². The standard InChI is InChI=1S/C20H32ClNO2/c1-3-4-5-6-7-8-9-10-11-12-20(23)22(2)24-17-18-13-15-19(21)16-14-18/h13-16H,3-12,17H2,1-2H3. The Bertz CT molecular complexity index is 447. The average molecular weight is 354 g/mol. The minimum atomic E-state index is 0.0481. The third kappa shape index (κ3) is 9.94. The van der Waals surface area contributed by atoms with Gasteiger partial charge in [0.2, 0.25) is 5.91 Å².